The fourth-order valence-electron chi connectivity index (χ4n) is 3.32. The second kappa shape index (κ2) is 14.8. The van der Waals surface area contributed by atoms with E-state index in [1.54, 1.807) is 13.8 Å². The lowest BCUT2D eigenvalue weighted by atomic mass is 9.97. The summed E-state index contributed by atoms with van der Waals surface area (Å²) in [5.41, 5.74) is 5.01. The third kappa shape index (κ3) is 10.1. The van der Waals surface area contributed by atoms with Gasteiger partial charge in [-0.3, -0.25) is 28.9 Å². The van der Waals surface area contributed by atoms with Crippen LogP contribution in [-0.4, -0.2) is 77.2 Å². The summed E-state index contributed by atoms with van der Waals surface area (Å²) in [6.45, 7) is 3.26. The molecule has 6 amide bonds. The maximum absolute atomic E-state index is 12.6. The number of nitrogens with one attached hydrogen (secondary N) is 3. The van der Waals surface area contributed by atoms with Crippen molar-refractivity contribution in [2.75, 3.05) is 19.7 Å². The monoisotopic (exact) mass is 481 g/mol. The molecule has 0 aromatic rings. The summed E-state index contributed by atoms with van der Waals surface area (Å²) in [6.07, 6.45) is 4.78. The lowest BCUT2D eigenvalue weighted by molar-refractivity contribution is -0.137. The van der Waals surface area contributed by atoms with Gasteiger partial charge in [0.1, 0.15) is 6.04 Å². The first-order valence-corrected chi connectivity index (χ1v) is 11.4. The maximum Gasteiger partial charge on any atom is 0.312 e. The summed E-state index contributed by atoms with van der Waals surface area (Å²) in [4.78, 5) is 72.1. The number of nitrogens with two attached hydrogens (primary N) is 1. The van der Waals surface area contributed by atoms with Gasteiger partial charge in [0.15, 0.2) is 5.78 Å². The van der Waals surface area contributed by atoms with Crippen LogP contribution in [0.15, 0.2) is 12.2 Å². The van der Waals surface area contributed by atoms with Crippen LogP contribution >= 0.6 is 0 Å². The standard InChI is InChI=1S/C22H35N5O7/c1-14(2)20(32)15(7-6-11-24-22(23)34)26-21(33)16(13-28)25-17(29)8-4-3-5-12-27-18(30)9-10-19(27)31/h9-10,14-16,28H,3-8,11-13H2,1-2H3,(H,25,29)(H,26,33)(H3,23,24,34)/t15-,16?/m0/s1. The van der Waals surface area contributed by atoms with Crippen LogP contribution in [0.2, 0.25) is 0 Å². The first-order valence-electron chi connectivity index (χ1n) is 11.4. The van der Waals surface area contributed by atoms with Gasteiger partial charge in [-0.05, 0) is 25.7 Å². The average Bonchev–Trinajstić information content (AvgIpc) is 3.10. The predicted octanol–water partition coefficient (Wildman–Crippen LogP) is -0.893. The second-order valence-electron chi connectivity index (χ2n) is 8.33. The Morgan fingerprint density at radius 2 is 1.62 bits per heavy atom. The van der Waals surface area contributed by atoms with Gasteiger partial charge in [0, 0.05) is 37.6 Å². The van der Waals surface area contributed by atoms with Gasteiger partial charge in [-0.25, -0.2) is 4.79 Å². The number of carbonyl (C=O) groups is 6. The maximum atomic E-state index is 12.6. The molecule has 1 aliphatic rings. The van der Waals surface area contributed by atoms with Crippen LogP contribution < -0.4 is 21.7 Å². The number of nitrogens with zero attached hydrogens (tertiary/aromatic N) is 1. The Morgan fingerprint density at radius 1 is 0.971 bits per heavy atom. The van der Waals surface area contributed by atoms with Crippen LogP contribution in [-0.2, 0) is 24.0 Å². The average molecular weight is 482 g/mol. The Balaban J connectivity index is 2.45. The molecule has 0 aromatic heterocycles. The largest absolute Gasteiger partial charge is 0.394 e. The molecule has 12 heteroatoms. The zero-order valence-electron chi connectivity index (χ0n) is 19.7. The summed E-state index contributed by atoms with van der Waals surface area (Å²) in [5, 5.41) is 17.0. The molecule has 0 radical (unpaired) electrons. The fourth-order valence-corrected chi connectivity index (χ4v) is 3.32. The Hall–Kier alpha value is -3.28. The number of hydrogen-bond donors (Lipinski definition) is 5. The van der Waals surface area contributed by atoms with Crippen molar-refractivity contribution >= 4 is 35.4 Å². The zero-order chi connectivity index (χ0) is 25.7. The first-order chi connectivity index (χ1) is 16.1. The van der Waals surface area contributed by atoms with Crippen LogP contribution in [0.25, 0.3) is 0 Å². The van der Waals surface area contributed by atoms with E-state index in [-0.39, 0.29) is 49.4 Å². The zero-order valence-corrected chi connectivity index (χ0v) is 19.7. The van der Waals surface area contributed by atoms with Crippen molar-refractivity contribution in [1.82, 2.24) is 20.9 Å². The molecule has 1 heterocycles. The molecule has 1 unspecified atom stereocenters. The van der Waals surface area contributed by atoms with E-state index in [9.17, 15) is 33.9 Å². The Kier molecular flexibility index (Phi) is 12.5. The normalized spacial score (nSPS) is 14.8. The quantitative estimate of drug-likeness (QED) is 0.140. The number of primary amides is 1. The first kappa shape index (κ1) is 28.8. The minimum absolute atomic E-state index is 0.0943. The second-order valence-corrected chi connectivity index (χ2v) is 8.33. The molecule has 6 N–H and O–H groups in total. The van der Waals surface area contributed by atoms with E-state index in [1.165, 1.54) is 12.2 Å². The van der Waals surface area contributed by atoms with Crippen molar-refractivity contribution in [3.63, 3.8) is 0 Å². The van der Waals surface area contributed by atoms with Crippen LogP contribution in [0.3, 0.4) is 0 Å². The molecule has 1 rings (SSSR count). The van der Waals surface area contributed by atoms with E-state index in [0.717, 1.165) is 4.90 Å². The van der Waals surface area contributed by atoms with E-state index in [4.69, 9.17) is 5.73 Å². The Bertz CT molecular complexity index is 779. The van der Waals surface area contributed by atoms with Crippen molar-refractivity contribution in [3.8, 4) is 0 Å². The number of carbonyl (C=O) groups excluding carboxylic acids is 6. The van der Waals surface area contributed by atoms with Crippen LogP contribution in [0.1, 0.15) is 52.4 Å². The van der Waals surface area contributed by atoms with Crippen molar-refractivity contribution in [2.24, 2.45) is 11.7 Å². The number of hydrogen-bond acceptors (Lipinski definition) is 7. The van der Waals surface area contributed by atoms with Crippen molar-refractivity contribution in [1.29, 1.82) is 0 Å². The smallest absolute Gasteiger partial charge is 0.312 e. The topological polar surface area (TPSA) is 188 Å². The fraction of sp³-hybridized carbons (Fsp3) is 0.636. The predicted molar refractivity (Wildman–Crippen MR) is 122 cm³/mol. The SMILES string of the molecule is CC(C)C(=O)[C@H](CCCNC(N)=O)NC(=O)C(CO)NC(=O)CCCCCN1C(=O)C=CC1=O. The van der Waals surface area contributed by atoms with Crippen molar-refractivity contribution < 1.29 is 33.9 Å². The third-order valence-electron chi connectivity index (χ3n) is 5.22. The molecule has 0 fully saturated rings. The number of aliphatic hydroxyl groups is 1. The summed E-state index contributed by atoms with van der Waals surface area (Å²) >= 11 is 0. The number of urea groups is 1. The number of unbranched alkanes of at least 4 members (excludes halogenated alkanes) is 2. The number of aliphatic hydroxyl groups excluding tert-OH is 1. The molecule has 0 aromatic carbocycles. The van der Waals surface area contributed by atoms with Crippen LogP contribution in [0.4, 0.5) is 4.79 Å². The Labute approximate surface area is 198 Å². The number of ketones is 1. The van der Waals surface area contributed by atoms with Crippen LogP contribution in [0, 0.1) is 5.92 Å². The molecule has 0 saturated carbocycles. The molecule has 0 aliphatic carbocycles. The highest BCUT2D eigenvalue weighted by Gasteiger charge is 2.27. The van der Waals surface area contributed by atoms with Gasteiger partial charge in [-0.1, -0.05) is 20.3 Å². The van der Waals surface area contributed by atoms with Gasteiger partial charge in [0.2, 0.25) is 11.8 Å². The molecule has 190 valence electrons. The van der Waals surface area contributed by atoms with Crippen molar-refractivity contribution in [2.45, 2.75) is 64.5 Å². The lowest BCUT2D eigenvalue weighted by Gasteiger charge is -2.23. The highest BCUT2D eigenvalue weighted by molar-refractivity contribution is 6.12. The minimum atomic E-state index is -1.22. The van der Waals surface area contributed by atoms with Crippen LogP contribution in [0.5, 0.6) is 0 Å². The molecule has 0 bridgehead atoms. The van der Waals surface area contributed by atoms with Gasteiger partial charge in [0.25, 0.3) is 11.8 Å². The summed E-state index contributed by atoms with van der Waals surface area (Å²) < 4.78 is 0. The number of imide groups is 1. The number of rotatable bonds is 16. The summed E-state index contributed by atoms with van der Waals surface area (Å²) in [5.74, 6) is -2.38. The Morgan fingerprint density at radius 3 is 2.18 bits per heavy atom. The molecule has 2 atom stereocenters. The number of amides is 6. The van der Waals surface area contributed by atoms with Gasteiger partial charge >= 0.3 is 6.03 Å². The summed E-state index contributed by atoms with van der Waals surface area (Å²) in [7, 11) is 0. The molecule has 1 aliphatic heterocycles. The summed E-state index contributed by atoms with van der Waals surface area (Å²) in [6, 6.07) is -2.74. The molecular weight excluding hydrogens is 446 g/mol. The van der Waals surface area contributed by atoms with E-state index in [2.05, 4.69) is 16.0 Å². The van der Waals surface area contributed by atoms with Gasteiger partial charge in [0.05, 0.1) is 12.6 Å². The van der Waals surface area contributed by atoms with Gasteiger partial charge in [-0.15, -0.1) is 0 Å². The molecule has 0 spiro atoms. The van der Waals surface area contributed by atoms with E-state index in [0.29, 0.717) is 25.7 Å². The van der Waals surface area contributed by atoms with E-state index < -0.39 is 36.5 Å². The minimum Gasteiger partial charge on any atom is -0.394 e. The highest BCUT2D eigenvalue weighted by atomic mass is 16.3. The number of Topliss-reactive ketones (excluding diaryl/α,β-unsaturated/α-hetero) is 1. The van der Waals surface area contributed by atoms with E-state index in [1.807, 2.05) is 0 Å². The molecule has 0 saturated heterocycles. The van der Waals surface area contributed by atoms with Gasteiger partial charge in [-0.2, -0.15) is 0 Å². The molecule has 34 heavy (non-hydrogen) atoms. The lowest BCUT2D eigenvalue weighted by Crippen LogP contribution is -2.53. The third-order valence-corrected chi connectivity index (χ3v) is 5.22. The van der Waals surface area contributed by atoms with Gasteiger partial charge < -0.3 is 26.8 Å². The highest BCUT2D eigenvalue weighted by Crippen LogP contribution is 2.09. The van der Waals surface area contributed by atoms with Crippen molar-refractivity contribution in [3.05, 3.63) is 12.2 Å². The molecule has 12 nitrogen and oxygen atoms in total. The molecular formula is C22H35N5O7. The van der Waals surface area contributed by atoms with E-state index >= 15 is 0 Å².